The number of hydrogen-bond donors (Lipinski definition) is 1. The monoisotopic (exact) mass is 270 g/mol. The molecule has 0 saturated heterocycles. The van der Waals surface area contributed by atoms with Gasteiger partial charge in [0, 0.05) is 23.5 Å². The molecule has 0 amide bonds. The fourth-order valence-corrected chi connectivity index (χ4v) is 2.35. The highest BCUT2D eigenvalue weighted by Crippen LogP contribution is 2.27. The Bertz CT molecular complexity index is 513. The molecule has 20 heavy (non-hydrogen) atoms. The van der Waals surface area contributed by atoms with Gasteiger partial charge in [-0.3, -0.25) is 4.98 Å². The van der Waals surface area contributed by atoms with Gasteiger partial charge in [-0.2, -0.15) is 0 Å². The molecule has 3 nitrogen and oxygen atoms in total. The Hall–Kier alpha value is -1.87. The van der Waals surface area contributed by atoms with Gasteiger partial charge in [0.05, 0.1) is 6.61 Å². The summed E-state index contributed by atoms with van der Waals surface area (Å²) in [4.78, 5) is 4.38. The van der Waals surface area contributed by atoms with Gasteiger partial charge in [0.15, 0.2) is 0 Å². The second-order valence-corrected chi connectivity index (χ2v) is 4.67. The van der Waals surface area contributed by atoms with Crippen molar-refractivity contribution in [2.24, 2.45) is 0 Å². The molecule has 0 saturated carbocycles. The van der Waals surface area contributed by atoms with Crippen molar-refractivity contribution in [1.29, 1.82) is 0 Å². The maximum Gasteiger partial charge on any atom is 0.124 e. The Kier molecular flexibility index (Phi) is 5.56. The molecule has 2 rings (SSSR count). The largest absolute Gasteiger partial charge is 0.494 e. The summed E-state index contributed by atoms with van der Waals surface area (Å²) in [6.07, 6.45) is 3.79. The van der Waals surface area contributed by atoms with Crippen molar-refractivity contribution in [3.05, 3.63) is 59.9 Å². The summed E-state index contributed by atoms with van der Waals surface area (Å²) in [7, 11) is 1.99. The molecule has 0 aliphatic rings. The van der Waals surface area contributed by atoms with E-state index in [2.05, 4.69) is 28.5 Å². The number of hydrogen-bond acceptors (Lipinski definition) is 3. The number of rotatable bonds is 7. The van der Waals surface area contributed by atoms with Crippen LogP contribution in [0.1, 0.15) is 30.6 Å². The first-order valence-electron chi connectivity index (χ1n) is 7.14. The van der Waals surface area contributed by atoms with E-state index in [9.17, 15) is 0 Å². The second kappa shape index (κ2) is 7.65. The van der Waals surface area contributed by atoms with Gasteiger partial charge in [-0.25, -0.2) is 0 Å². The number of nitrogens with one attached hydrogen (secondary N) is 1. The Labute approximate surface area is 121 Å². The van der Waals surface area contributed by atoms with Gasteiger partial charge in [-0.05, 0) is 45.0 Å². The van der Waals surface area contributed by atoms with Gasteiger partial charge >= 0.3 is 0 Å². The maximum atomic E-state index is 5.72. The first-order valence-corrected chi connectivity index (χ1v) is 7.14. The minimum Gasteiger partial charge on any atom is -0.494 e. The molecular weight excluding hydrogens is 248 g/mol. The number of pyridine rings is 1. The summed E-state index contributed by atoms with van der Waals surface area (Å²) in [5.41, 5.74) is 2.34. The highest BCUT2D eigenvalue weighted by Gasteiger charge is 2.14. The Morgan fingerprint density at radius 2 is 1.95 bits per heavy atom. The van der Waals surface area contributed by atoms with Crippen LogP contribution in [-0.2, 0) is 6.42 Å². The molecule has 1 atom stereocenters. The molecule has 1 unspecified atom stereocenters. The first-order chi connectivity index (χ1) is 9.85. The molecule has 3 heteroatoms. The van der Waals surface area contributed by atoms with Crippen LogP contribution in [0.25, 0.3) is 0 Å². The molecule has 0 aliphatic carbocycles. The lowest BCUT2D eigenvalue weighted by molar-refractivity contribution is 0.331. The minimum absolute atomic E-state index is 0.278. The van der Waals surface area contributed by atoms with Crippen LogP contribution in [0.15, 0.2) is 48.7 Å². The van der Waals surface area contributed by atoms with Crippen LogP contribution < -0.4 is 10.1 Å². The molecule has 2 aromatic rings. The highest BCUT2D eigenvalue weighted by molar-refractivity contribution is 5.36. The molecule has 0 bridgehead atoms. The van der Waals surface area contributed by atoms with Crippen LogP contribution >= 0.6 is 0 Å². The number of para-hydroxylation sites is 1. The lowest BCUT2D eigenvalue weighted by atomic mass is 10.00. The van der Waals surface area contributed by atoms with E-state index >= 15 is 0 Å². The Morgan fingerprint density at radius 1 is 1.15 bits per heavy atom. The van der Waals surface area contributed by atoms with Crippen molar-refractivity contribution in [1.82, 2.24) is 10.3 Å². The Morgan fingerprint density at radius 3 is 2.65 bits per heavy atom. The van der Waals surface area contributed by atoms with E-state index < -0.39 is 0 Å². The SMILES string of the molecule is CCOc1ccccc1C(CCc1ccccn1)NC. The zero-order chi connectivity index (χ0) is 14.2. The smallest absolute Gasteiger partial charge is 0.124 e. The minimum atomic E-state index is 0.278. The molecule has 1 N–H and O–H groups in total. The molecule has 1 aromatic carbocycles. The molecular formula is C17H22N2O. The van der Waals surface area contributed by atoms with Crippen LogP contribution in [0, 0.1) is 0 Å². The van der Waals surface area contributed by atoms with Gasteiger partial charge in [-0.1, -0.05) is 24.3 Å². The highest BCUT2D eigenvalue weighted by atomic mass is 16.5. The molecule has 0 spiro atoms. The lowest BCUT2D eigenvalue weighted by Gasteiger charge is -2.19. The summed E-state index contributed by atoms with van der Waals surface area (Å²) in [6, 6.07) is 14.6. The normalized spacial score (nSPS) is 12.1. The van der Waals surface area contributed by atoms with E-state index in [4.69, 9.17) is 4.74 Å². The molecule has 0 fully saturated rings. The quantitative estimate of drug-likeness (QED) is 0.837. The number of benzene rings is 1. The number of ether oxygens (including phenoxy) is 1. The third-order valence-corrected chi connectivity index (χ3v) is 3.36. The summed E-state index contributed by atoms with van der Waals surface area (Å²) in [6.45, 7) is 2.70. The Balaban J connectivity index is 2.08. The van der Waals surface area contributed by atoms with Crippen molar-refractivity contribution < 1.29 is 4.74 Å². The van der Waals surface area contributed by atoms with Gasteiger partial charge in [0.25, 0.3) is 0 Å². The van der Waals surface area contributed by atoms with E-state index in [1.54, 1.807) is 0 Å². The van der Waals surface area contributed by atoms with E-state index in [-0.39, 0.29) is 6.04 Å². The molecule has 1 aromatic heterocycles. The molecule has 1 heterocycles. The van der Waals surface area contributed by atoms with E-state index in [1.807, 2.05) is 44.4 Å². The van der Waals surface area contributed by atoms with Crippen molar-refractivity contribution in [3.63, 3.8) is 0 Å². The first kappa shape index (κ1) is 14.5. The van der Waals surface area contributed by atoms with Gasteiger partial charge in [-0.15, -0.1) is 0 Å². The average Bonchev–Trinajstić information content (AvgIpc) is 2.51. The molecule has 0 aliphatic heterocycles. The van der Waals surface area contributed by atoms with Crippen LogP contribution in [0.4, 0.5) is 0 Å². The van der Waals surface area contributed by atoms with Crippen molar-refractivity contribution in [3.8, 4) is 5.75 Å². The summed E-state index contributed by atoms with van der Waals surface area (Å²) < 4.78 is 5.72. The van der Waals surface area contributed by atoms with Crippen LogP contribution in [0.3, 0.4) is 0 Å². The zero-order valence-electron chi connectivity index (χ0n) is 12.2. The molecule has 106 valence electrons. The maximum absolute atomic E-state index is 5.72. The fraction of sp³-hybridized carbons (Fsp3) is 0.353. The van der Waals surface area contributed by atoms with E-state index in [1.165, 1.54) is 5.56 Å². The summed E-state index contributed by atoms with van der Waals surface area (Å²) in [5.74, 6) is 0.968. The second-order valence-electron chi connectivity index (χ2n) is 4.67. The predicted octanol–water partition coefficient (Wildman–Crippen LogP) is 3.37. The predicted molar refractivity (Wildman–Crippen MR) is 82.0 cm³/mol. The summed E-state index contributed by atoms with van der Waals surface area (Å²) in [5, 5.41) is 3.38. The van der Waals surface area contributed by atoms with Crippen molar-refractivity contribution in [2.75, 3.05) is 13.7 Å². The van der Waals surface area contributed by atoms with Crippen LogP contribution in [-0.4, -0.2) is 18.6 Å². The number of nitrogens with zero attached hydrogens (tertiary/aromatic N) is 1. The topological polar surface area (TPSA) is 34.1 Å². The van der Waals surface area contributed by atoms with Crippen molar-refractivity contribution in [2.45, 2.75) is 25.8 Å². The average molecular weight is 270 g/mol. The van der Waals surface area contributed by atoms with Crippen molar-refractivity contribution >= 4 is 0 Å². The lowest BCUT2D eigenvalue weighted by Crippen LogP contribution is -2.18. The third-order valence-electron chi connectivity index (χ3n) is 3.36. The van der Waals surface area contributed by atoms with Gasteiger partial charge in [0.2, 0.25) is 0 Å². The molecule has 0 radical (unpaired) electrons. The number of aromatic nitrogens is 1. The van der Waals surface area contributed by atoms with Crippen LogP contribution in [0.2, 0.25) is 0 Å². The van der Waals surface area contributed by atoms with E-state index in [0.717, 1.165) is 24.3 Å². The third kappa shape index (κ3) is 3.81. The zero-order valence-corrected chi connectivity index (χ0v) is 12.2. The number of aryl methyl sites for hydroxylation is 1. The standard InChI is InChI=1S/C17H22N2O/c1-3-20-17-10-5-4-9-15(17)16(18-2)12-11-14-8-6-7-13-19-14/h4-10,13,16,18H,3,11-12H2,1-2H3. The van der Waals surface area contributed by atoms with Crippen LogP contribution in [0.5, 0.6) is 5.75 Å². The van der Waals surface area contributed by atoms with Gasteiger partial charge < -0.3 is 10.1 Å². The van der Waals surface area contributed by atoms with E-state index in [0.29, 0.717) is 6.61 Å². The fourth-order valence-electron chi connectivity index (χ4n) is 2.35. The van der Waals surface area contributed by atoms with Gasteiger partial charge in [0.1, 0.15) is 5.75 Å². The summed E-state index contributed by atoms with van der Waals surface area (Å²) >= 11 is 0.